The van der Waals surface area contributed by atoms with Crippen molar-refractivity contribution >= 4 is 94.8 Å². The molecule has 10 atom stereocenters. The van der Waals surface area contributed by atoms with Crippen LogP contribution in [0.25, 0.3) is 34.2 Å². The molecule has 6 aliphatic rings. The Bertz CT molecular complexity index is 4960. The van der Waals surface area contributed by atoms with Gasteiger partial charge in [0.15, 0.2) is 101 Å². The van der Waals surface area contributed by atoms with Gasteiger partial charge >= 0.3 is 41.7 Å². The van der Waals surface area contributed by atoms with Gasteiger partial charge in [-0.3, -0.25) is 28.3 Å². The summed E-state index contributed by atoms with van der Waals surface area (Å²) >= 11 is -5.94. The van der Waals surface area contributed by atoms with Gasteiger partial charge in [0.1, 0.15) is 82.2 Å². The van der Waals surface area contributed by atoms with Crippen LogP contribution in [0, 0.1) is 0 Å². The zero-order valence-electron chi connectivity index (χ0n) is 76.5. The average molecular weight is 1960 g/mol. The summed E-state index contributed by atoms with van der Waals surface area (Å²) in [5, 5.41) is 33.7. The number of ether oxygens (including phenoxy) is 14. The molecule has 0 spiro atoms. The van der Waals surface area contributed by atoms with Crippen LogP contribution in [0.2, 0.25) is 51.4 Å². The molecule has 692 valence electrons. The van der Waals surface area contributed by atoms with Gasteiger partial charge < -0.3 is 75.4 Å². The molecule has 10 heterocycles. The number of rotatable bonds is 35. The van der Waals surface area contributed by atoms with Crippen LogP contribution in [0.4, 0.5) is 21.2 Å². The maximum absolute atomic E-state index is 14.3. The van der Waals surface area contributed by atoms with Crippen molar-refractivity contribution in [3.63, 3.8) is 0 Å². The van der Waals surface area contributed by atoms with Crippen LogP contribution in [0.1, 0.15) is 154 Å². The van der Waals surface area contributed by atoms with E-state index < -0.39 is 145 Å². The minimum absolute atomic E-state index is 0. The number of methoxy groups -OCH3 is 2. The van der Waals surface area contributed by atoms with Crippen molar-refractivity contribution in [1.29, 1.82) is 0 Å². The Balaban J connectivity index is 0.000000249. The van der Waals surface area contributed by atoms with Crippen molar-refractivity contribution < 1.29 is 153 Å². The van der Waals surface area contributed by atoms with E-state index in [0.717, 1.165) is 56.2 Å². The molecule has 47 heteroatoms. The molecule has 7 aromatic rings. The maximum atomic E-state index is 14.3. The van der Waals surface area contributed by atoms with Crippen LogP contribution < -0.4 is 73.2 Å². The summed E-state index contributed by atoms with van der Waals surface area (Å²) in [6.07, 6.45) is 5.72. The van der Waals surface area contributed by atoms with Gasteiger partial charge in [0.25, 0.3) is 0 Å². The molecule has 2 saturated carbocycles. The molecule has 1 aromatic carbocycles. The number of carbonyl (C=O) groups excluding carboxylic acids is 3. The van der Waals surface area contributed by atoms with E-state index in [0.29, 0.717) is 59.2 Å². The Hall–Kier alpha value is -5.61. The first-order chi connectivity index (χ1) is 58.3. The van der Waals surface area contributed by atoms with Gasteiger partial charge in [0.05, 0.1) is 49.6 Å². The largest absolute Gasteiger partial charge is 1.00 e. The molecule has 2 amide bonds. The van der Waals surface area contributed by atoms with Gasteiger partial charge in [-0.25, -0.2) is 38.9 Å². The zero-order chi connectivity index (χ0) is 91.4. The third-order valence-electron chi connectivity index (χ3n) is 21.5. The number of halogens is 1. The second-order valence-electron chi connectivity index (χ2n) is 38.1. The third-order valence-corrected chi connectivity index (χ3v) is 29.6. The molecule has 0 unspecified atom stereocenters. The van der Waals surface area contributed by atoms with Crippen LogP contribution in [0.5, 0.6) is 0 Å². The molecule has 126 heavy (non-hydrogen) atoms. The van der Waals surface area contributed by atoms with E-state index in [1.54, 1.807) is 83.3 Å². The number of fused-ring (bicyclic) bond motifs is 4. The number of anilines is 2. The van der Waals surface area contributed by atoms with Crippen LogP contribution in [0.3, 0.4) is 0 Å². The number of hydrogen-bond donors (Lipinski definition) is 0. The Labute approximate surface area is 764 Å². The average Bonchev–Trinajstić information content (AvgIpc) is 1.56. The fraction of sp³-hybridized carbons (Fsp3) is 0.709. The van der Waals surface area contributed by atoms with E-state index in [-0.39, 0.29) is 112 Å². The topological polar surface area (TPSA) is 488 Å². The molecule has 0 radical (unpaired) electrons. The maximum Gasteiger partial charge on any atom is 1.00 e. The van der Waals surface area contributed by atoms with Crippen molar-refractivity contribution in [1.82, 2.24) is 79.9 Å². The monoisotopic (exact) mass is 1960 g/mol. The summed E-state index contributed by atoms with van der Waals surface area (Å²) in [6.45, 7) is 39.9. The fourth-order valence-corrected chi connectivity index (χ4v) is 18.9. The van der Waals surface area contributed by atoms with Crippen molar-refractivity contribution in [3.05, 3.63) is 71.6 Å². The number of aromatic nitrogens is 16. The van der Waals surface area contributed by atoms with E-state index in [2.05, 4.69) is 85.2 Å². The first-order valence-electron chi connectivity index (χ1n) is 41.7. The molecule has 0 bridgehead atoms. The summed E-state index contributed by atoms with van der Waals surface area (Å²) < 4.78 is 153. The molecular formula is C79H122IN18NaO23P2Si2. The Morgan fingerprint density at radius 3 is 1.32 bits per heavy atom. The van der Waals surface area contributed by atoms with E-state index >= 15 is 0 Å². The van der Waals surface area contributed by atoms with Crippen molar-refractivity contribution in [2.45, 2.75) is 280 Å². The van der Waals surface area contributed by atoms with E-state index in [4.69, 9.17) is 95.1 Å². The first-order valence-corrected chi connectivity index (χ1v) is 57.8. The SMILES string of the molecule is COC[C@@](Cc1nnn(COCC[Si](C)(C)C)n1)(OC[C@H]1O[C@@H](n2ncc3c(N(C(=O)OC(C)(C)C)C4CCC4)nc(/C=C/c4ccccc4)nc32)[C@@H]2OC(C)(C)O[C@@H]21)P(C)(C)=O.COC[C@@](Cc1nnn(COCC[Si](C)(C)C)n1)(OC[C@H]1O[C@@H](n2ncc3c(N(C(=O)OC(C)(C)C)C4CCC4)nc(C=O)nc32)[C@@H]2OC(C)(C)O[C@@H]21)P(C)(C)=O.[Na+].[O-][I+3]([O-])([O-])[O-]. The van der Waals surface area contributed by atoms with Gasteiger partial charge in [0.2, 0.25) is 0 Å². The Kier molecular flexibility index (Phi) is 33.6. The first kappa shape index (κ1) is 103. The number of nitrogens with zero attached hydrogens (tertiary/aromatic N) is 18. The molecule has 2 aliphatic carbocycles. The quantitative estimate of drug-likeness (QED) is 0.0178. The summed E-state index contributed by atoms with van der Waals surface area (Å²) in [5.74, 6) is -0.476. The Morgan fingerprint density at radius 2 is 0.968 bits per heavy atom. The molecular weight excluding hydrogens is 1840 g/mol. The molecule has 13 rings (SSSR count). The van der Waals surface area contributed by atoms with Crippen LogP contribution in [-0.4, -0.2) is 277 Å². The van der Waals surface area contributed by atoms with E-state index in [9.17, 15) is 23.5 Å². The van der Waals surface area contributed by atoms with Gasteiger partial charge in [-0.1, -0.05) is 75.7 Å². The predicted octanol–water partition coefficient (Wildman–Crippen LogP) is 1.36. The van der Waals surface area contributed by atoms with E-state index in [1.807, 2.05) is 77.1 Å². The summed E-state index contributed by atoms with van der Waals surface area (Å²) in [4.78, 5) is 64.8. The number of amides is 2. The van der Waals surface area contributed by atoms with Crippen molar-refractivity contribution in [2.75, 3.05) is 90.3 Å². The molecule has 41 nitrogen and oxygen atoms in total. The van der Waals surface area contributed by atoms with Gasteiger partial charge in [-0.05, 0) is 169 Å². The van der Waals surface area contributed by atoms with Crippen LogP contribution in [-0.2, 0) is 102 Å². The second kappa shape index (κ2) is 41.3. The minimum atomic E-state index is -5.94. The number of benzene rings is 1. The Morgan fingerprint density at radius 1 is 0.587 bits per heavy atom. The van der Waals surface area contributed by atoms with Gasteiger partial charge in [-0.15, -0.1) is 30.0 Å². The predicted molar refractivity (Wildman–Crippen MR) is 451 cm³/mol. The molecule has 4 aliphatic heterocycles. The molecule has 6 fully saturated rings. The molecule has 0 N–H and O–H groups in total. The number of aldehydes is 1. The van der Waals surface area contributed by atoms with Gasteiger partial charge in [-0.2, -0.15) is 10.2 Å². The van der Waals surface area contributed by atoms with Crippen LogP contribution >= 0.6 is 14.3 Å². The van der Waals surface area contributed by atoms with E-state index in [1.165, 1.54) is 33.4 Å². The molecule has 4 saturated heterocycles. The minimum Gasteiger partial charge on any atom is -0.443 e. The smallest absolute Gasteiger partial charge is 0.443 e. The fourth-order valence-electron chi connectivity index (χ4n) is 14.7. The van der Waals surface area contributed by atoms with Gasteiger partial charge in [0, 0.05) is 68.5 Å². The summed E-state index contributed by atoms with van der Waals surface area (Å²) in [5.41, 5.74) is 0.146. The number of hydrogen-bond acceptors (Lipinski definition) is 35. The summed E-state index contributed by atoms with van der Waals surface area (Å²) in [6, 6.07) is 11.6. The molecule has 6 aromatic heterocycles. The van der Waals surface area contributed by atoms with Crippen molar-refractivity contribution in [2.24, 2.45) is 0 Å². The number of carbonyl (C=O) groups is 3. The zero-order valence-corrected chi connectivity index (χ0v) is 84.4. The number of tetrazole rings is 2. The normalized spacial score (nSPS) is 22.5. The summed E-state index contributed by atoms with van der Waals surface area (Å²) in [7, 11) is -5.70. The second-order valence-corrected chi connectivity index (χ2v) is 58.6. The standard InChI is InChI=1S/C43H64N9O9PSi.C36H58N9O10PSi.IO4.Na/c1-41(2,3)61-40(53)51(30-18-15-19-30)37-31-25-44-52(38(31)46-33(45-37)21-20-29-16-13-12-14-17-29)39-36-35(59-42(4,5)60-36)32(58-39)26-57-43(27-55-6,62(7,8)54)24-34-47-49-50(48-34)28-56-22-23-63(9,10)11;1-34(2,3)55-33(47)44(23-13-12-14-23)30-24-18-37-45(31(24)39-27(19-46)38-30)32-29-28(53-35(4,5)54-29)25(52-32)20-51-36(21-49-6,56(7,8)48)17-26-40-42-43(41-26)22-50-15-16-57(9,10)11;2-1(3,4)5;/h12-14,16-17,20-21,25,30,32,35-36,39H,15,18-19,22-24,26-28H2,1-11H3;18-19,23,25,28-29,32H,12-17,20-22H2,1-11H3;;/q;;-1;+1/b21-20+;;;/t32-,35-,36-,39-,43+;25-,28-,29-,32-,36+;;/m11../s1. The third kappa shape index (κ3) is 26.7. The van der Waals surface area contributed by atoms with Crippen LogP contribution in [0.15, 0.2) is 42.7 Å². The van der Waals surface area contributed by atoms with Crippen molar-refractivity contribution in [3.8, 4) is 0 Å².